The number of aldehydes is 1. The summed E-state index contributed by atoms with van der Waals surface area (Å²) in [7, 11) is -1.20. The molecule has 1 saturated carbocycles. The highest BCUT2D eigenvalue weighted by Crippen LogP contribution is 2.49. The van der Waals surface area contributed by atoms with E-state index in [1.54, 1.807) is 12.1 Å². The van der Waals surface area contributed by atoms with Gasteiger partial charge in [-0.25, -0.2) is 0 Å². The van der Waals surface area contributed by atoms with E-state index in [1.165, 1.54) is 13.4 Å². The number of carbonyl (C=O) groups is 1. The molecule has 0 radical (unpaired) electrons. The van der Waals surface area contributed by atoms with Crippen LogP contribution in [-0.4, -0.2) is 57.0 Å². The minimum Gasteiger partial charge on any atom is -0.469 e. The van der Waals surface area contributed by atoms with Crippen molar-refractivity contribution >= 4 is 14.6 Å². The maximum absolute atomic E-state index is 12.3. The predicted molar refractivity (Wildman–Crippen MR) is 109 cm³/mol. The first-order valence-corrected chi connectivity index (χ1v) is 12.7. The Balaban J connectivity index is 2.16. The van der Waals surface area contributed by atoms with E-state index >= 15 is 0 Å². The third kappa shape index (κ3) is 3.67. The number of furan rings is 1. The molecular weight excluding hydrogens is 410 g/mol. The molecule has 10 heteroatoms. The van der Waals surface area contributed by atoms with Crippen LogP contribution in [0.5, 0.6) is 0 Å². The van der Waals surface area contributed by atoms with Gasteiger partial charge >= 0.3 is 5.97 Å². The Kier molecular flexibility index (Phi) is 5.85. The Morgan fingerprint density at radius 1 is 1.30 bits per heavy atom. The van der Waals surface area contributed by atoms with Crippen molar-refractivity contribution in [2.24, 2.45) is 0 Å². The summed E-state index contributed by atoms with van der Waals surface area (Å²) < 4.78 is 28.9. The molecule has 3 rings (SSSR count). The molecule has 1 saturated heterocycles. The van der Waals surface area contributed by atoms with E-state index in [4.69, 9.17) is 23.1 Å². The summed E-state index contributed by atoms with van der Waals surface area (Å²) in [5.74, 6) is -2.52. The van der Waals surface area contributed by atoms with E-state index < -0.39 is 44.6 Å². The Bertz CT molecular complexity index is 817. The van der Waals surface area contributed by atoms with Crippen LogP contribution < -0.4 is 0 Å². The van der Waals surface area contributed by atoms with Crippen LogP contribution in [0.3, 0.4) is 0 Å². The molecular formula is C20H29NO8Si. The van der Waals surface area contributed by atoms with E-state index in [0.717, 1.165) is 0 Å². The second kappa shape index (κ2) is 7.68. The lowest BCUT2D eigenvalue weighted by Gasteiger charge is -2.52. The standard InChI is InChI=1S/C20H29NO8Si/c1-12-16-14(13-9-8-10-26-13)15(21(23)24)18(29-30(6,7)19(2,3)4)17(12)28-20(11-22,25-5)27-16/h8-11,14-18H,1H2,2-7H3/t14-,15-,16?,17?,18+,20-/m1/s1. The van der Waals surface area contributed by atoms with Crippen LogP contribution in [-0.2, 0) is 23.4 Å². The van der Waals surface area contributed by atoms with E-state index in [1.807, 2.05) is 33.9 Å². The maximum atomic E-state index is 12.3. The van der Waals surface area contributed by atoms with Gasteiger partial charge in [-0.05, 0) is 35.8 Å². The van der Waals surface area contributed by atoms with Crippen LogP contribution in [0.25, 0.3) is 0 Å². The Hall–Kier alpha value is -1.85. The highest BCUT2D eigenvalue weighted by Gasteiger charge is 2.64. The van der Waals surface area contributed by atoms with E-state index in [9.17, 15) is 14.9 Å². The van der Waals surface area contributed by atoms with E-state index in [0.29, 0.717) is 17.6 Å². The van der Waals surface area contributed by atoms with Crippen molar-refractivity contribution < 1.29 is 32.8 Å². The lowest BCUT2D eigenvalue weighted by Crippen LogP contribution is -2.68. The van der Waals surface area contributed by atoms with Gasteiger partial charge in [0, 0.05) is 12.0 Å². The Morgan fingerprint density at radius 2 is 1.93 bits per heavy atom. The van der Waals surface area contributed by atoms with Gasteiger partial charge in [0.15, 0.2) is 8.32 Å². The second-order valence-electron chi connectivity index (χ2n) is 9.24. The van der Waals surface area contributed by atoms with E-state index in [2.05, 4.69) is 6.58 Å². The first-order valence-electron chi connectivity index (χ1n) is 9.78. The molecule has 2 aliphatic rings. The quantitative estimate of drug-likeness (QED) is 0.218. The summed E-state index contributed by atoms with van der Waals surface area (Å²) in [6, 6.07) is 2.06. The Labute approximate surface area is 176 Å². The summed E-state index contributed by atoms with van der Waals surface area (Å²) in [6.07, 6.45) is -1.04. The number of fused-ring (bicyclic) bond motifs is 2. The highest BCUT2D eigenvalue weighted by atomic mass is 28.4. The average Bonchev–Trinajstić information content (AvgIpc) is 3.17. The maximum Gasteiger partial charge on any atom is 0.344 e. The summed E-state index contributed by atoms with van der Waals surface area (Å²) in [4.78, 5) is 23.7. The normalized spacial score (nSPS) is 34.6. The molecule has 2 fully saturated rings. The van der Waals surface area contributed by atoms with Gasteiger partial charge < -0.3 is 23.1 Å². The first-order chi connectivity index (χ1) is 13.9. The van der Waals surface area contributed by atoms with Crippen molar-refractivity contribution in [3.8, 4) is 0 Å². The minimum atomic E-state index is -2.47. The van der Waals surface area contributed by atoms with Gasteiger partial charge in [0.25, 0.3) is 6.04 Å². The SMILES string of the molecule is C=C1C2O[C@](C=O)(OC)OC1[C@H](c1ccco1)[C@@H]([N+](=O)[O-])[C@@H]2O[Si](C)(C)C(C)(C)C. The second-order valence-corrected chi connectivity index (χ2v) is 14.0. The molecule has 1 aliphatic carbocycles. The molecule has 2 bridgehead atoms. The zero-order valence-electron chi connectivity index (χ0n) is 18.1. The van der Waals surface area contributed by atoms with Gasteiger partial charge in [0.2, 0.25) is 6.29 Å². The fourth-order valence-corrected chi connectivity index (χ4v) is 5.03. The van der Waals surface area contributed by atoms with Crippen molar-refractivity contribution in [1.29, 1.82) is 0 Å². The molecule has 9 nitrogen and oxygen atoms in total. The monoisotopic (exact) mass is 439 g/mol. The molecule has 0 amide bonds. The third-order valence-electron chi connectivity index (χ3n) is 6.42. The summed E-state index contributed by atoms with van der Waals surface area (Å²) in [6.45, 7) is 14.2. The highest BCUT2D eigenvalue weighted by molar-refractivity contribution is 6.74. The fourth-order valence-electron chi connectivity index (χ4n) is 3.74. The van der Waals surface area contributed by atoms with Crippen molar-refractivity contribution in [1.82, 2.24) is 0 Å². The molecule has 166 valence electrons. The van der Waals surface area contributed by atoms with Gasteiger partial charge in [0.05, 0.1) is 6.26 Å². The molecule has 1 aromatic heterocycles. The average molecular weight is 440 g/mol. The van der Waals surface area contributed by atoms with Crippen molar-refractivity contribution in [2.45, 2.75) is 75.1 Å². The first kappa shape index (κ1) is 22.8. The molecule has 2 heterocycles. The number of hydrogen-bond acceptors (Lipinski definition) is 8. The number of nitrogens with zero attached hydrogens (tertiary/aromatic N) is 1. The number of carbonyl (C=O) groups excluding carboxylic acids is 1. The van der Waals surface area contributed by atoms with Gasteiger partial charge in [0.1, 0.15) is 30.0 Å². The Morgan fingerprint density at radius 3 is 2.40 bits per heavy atom. The zero-order chi connectivity index (χ0) is 22.5. The summed E-state index contributed by atoms with van der Waals surface area (Å²) in [5.41, 5.74) is 0.452. The zero-order valence-corrected chi connectivity index (χ0v) is 19.1. The molecule has 6 atom stereocenters. The molecule has 2 unspecified atom stereocenters. The number of hydrogen-bond donors (Lipinski definition) is 0. The van der Waals surface area contributed by atoms with Crippen LogP contribution in [0.15, 0.2) is 35.0 Å². The number of rotatable bonds is 6. The van der Waals surface area contributed by atoms with Gasteiger partial charge in [-0.2, -0.15) is 0 Å². The van der Waals surface area contributed by atoms with Crippen LogP contribution in [0, 0.1) is 10.1 Å². The van der Waals surface area contributed by atoms with Crippen LogP contribution >= 0.6 is 0 Å². The lowest BCUT2D eigenvalue weighted by molar-refractivity contribution is -0.554. The van der Waals surface area contributed by atoms with Gasteiger partial charge in [-0.1, -0.05) is 27.4 Å². The molecule has 1 aliphatic heterocycles. The van der Waals surface area contributed by atoms with Gasteiger partial charge in [-0.15, -0.1) is 0 Å². The number of methoxy groups -OCH3 is 1. The molecule has 0 spiro atoms. The fraction of sp³-hybridized carbons (Fsp3) is 0.650. The summed E-state index contributed by atoms with van der Waals surface area (Å²) >= 11 is 0. The predicted octanol–water partition coefficient (Wildman–Crippen LogP) is 3.25. The number of ether oxygens (including phenoxy) is 3. The van der Waals surface area contributed by atoms with Crippen LogP contribution in [0.4, 0.5) is 0 Å². The van der Waals surface area contributed by atoms with Crippen LogP contribution in [0.1, 0.15) is 32.4 Å². The smallest absolute Gasteiger partial charge is 0.344 e. The van der Waals surface area contributed by atoms with Crippen molar-refractivity contribution in [3.63, 3.8) is 0 Å². The minimum absolute atomic E-state index is 0.208. The molecule has 1 aromatic rings. The van der Waals surface area contributed by atoms with Crippen LogP contribution in [0.2, 0.25) is 18.1 Å². The third-order valence-corrected chi connectivity index (χ3v) is 10.9. The molecule has 30 heavy (non-hydrogen) atoms. The van der Waals surface area contributed by atoms with Crippen molar-refractivity contribution in [2.75, 3.05) is 7.11 Å². The van der Waals surface area contributed by atoms with Crippen molar-refractivity contribution in [3.05, 3.63) is 46.4 Å². The molecule has 0 N–H and O–H groups in total. The number of nitro groups is 1. The molecule has 0 aromatic carbocycles. The topological polar surface area (TPSA) is 110 Å². The largest absolute Gasteiger partial charge is 0.469 e. The van der Waals surface area contributed by atoms with Gasteiger partial charge in [-0.3, -0.25) is 14.9 Å². The lowest BCUT2D eigenvalue weighted by atomic mass is 9.74. The summed E-state index contributed by atoms with van der Waals surface area (Å²) in [5, 5.41) is 12.1. The van der Waals surface area contributed by atoms with E-state index in [-0.39, 0.29) is 9.96 Å².